The molecule has 1 aromatic rings. The van der Waals surface area contributed by atoms with Gasteiger partial charge in [-0.25, -0.2) is 0 Å². The second kappa shape index (κ2) is 11.6. The SMILES string of the molecule is CCCN=C(N)NCCCN1CCN(c2cccc(C(F)(F)F)c2)CC1.I. The summed E-state index contributed by atoms with van der Waals surface area (Å²) in [6, 6.07) is 5.56. The van der Waals surface area contributed by atoms with Crippen molar-refractivity contribution in [2.75, 3.05) is 50.7 Å². The molecule has 1 heterocycles. The summed E-state index contributed by atoms with van der Waals surface area (Å²) in [4.78, 5) is 8.52. The third kappa shape index (κ3) is 8.12. The second-order valence-corrected chi connectivity index (χ2v) is 6.42. The van der Waals surface area contributed by atoms with Gasteiger partial charge in [-0.05, 0) is 37.6 Å². The van der Waals surface area contributed by atoms with E-state index in [-0.39, 0.29) is 24.0 Å². The number of piperazine rings is 1. The van der Waals surface area contributed by atoms with E-state index in [1.165, 1.54) is 12.1 Å². The number of guanidine groups is 1. The Bertz CT molecular complexity index is 587. The lowest BCUT2D eigenvalue weighted by atomic mass is 10.1. The largest absolute Gasteiger partial charge is 0.416 e. The maximum absolute atomic E-state index is 12.8. The number of halogens is 4. The number of hydrogen-bond donors (Lipinski definition) is 2. The van der Waals surface area contributed by atoms with Gasteiger partial charge in [0.2, 0.25) is 0 Å². The third-order valence-corrected chi connectivity index (χ3v) is 4.37. The number of nitrogens with two attached hydrogens (primary N) is 1. The van der Waals surface area contributed by atoms with E-state index in [1.54, 1.807) is 6.07 Å². The maximum Gasteiger partial charge on any atom is 0.416 e. The van der Waals surface area contributed by atoms with Crippen molar-refractivity contribution in [2.45, 2.75) is 25.9 Å². The van der Waals surface area contributed by atoms with Crippen LogP contribution < -0.4 is 16.0 Å². The van der Waals surface area contributed by atoms with Crippen molar-refractivity contribution in [1.29, 1.82) is 0 Å². The first kappa shape index (κ1) is 23.8. The van der Waals surface area contributed by atoms with Crippen LogP contribution in [0, 0.1) is 0 Å². The van der Waals surface area contributed by atoms with Crippen LogP contribution in [0.25, 0.3) is 0 Å². The minimum Gasteiger partial charge on any atom is -0.370 e. The van der Waals surface area contributed by atoms with Crippen LogP contribution in [0.2, 0.25) is 0 Å². The zero-order valence-corrected chi connectivity index (χ0v) is 18.0. The molecule has 1 aromatic carbocycles. The summed E-state index contributed by atoms with van der Waals surface area (Å²) < 4.78 is 38.5. The quantitative estimate of drug-likeness (QED) is 0.262. The van der Waals surface area contributed by atoms with Gasteiger partial charge in [0.25, 0.3) is 0 Å². The summed E-state index contributed by atoms with van der Waals surface area (Å²) in [5.74, 6) is 0.487. The fourth-order valence-corrected chi connectivity index (χ4v) is 2.92. The highest BCUT2D eigenvalue weighted by atomic mass is 127. The molecular formula is C18H29F3IN5. The minimum absolute atomic E-state index is 0. The zero-order chi connectivity index (χ0) is 19.0. The molecular weight excluding hydrogens is 470 g/mol. The van der Waals surface area contributed by atoms with Crippen molar-refractivity contribution < 1.29 is 13.2 Å². The topological polar surface area (TPSA) is 56.9 Å². The molecule has 0 aromatic heterocycles. The molecule has 1 fully saturated rings. The van der Waals surface area contributed by atoms with Crippen LogP contribution >= 0.6 is 24.0 Å². The Labute approximate surface area is 176 Å². The predicted octanol–water partition coefficient (Wildman–Crippen LogP) is 3.15. The molecule has 0 bridgehead atoms. The lowest BCUT2D eigenvalue weighted by Crippen LogP contribution is -2.47. The monoisotopic (exact) mass is 499 g/mol. The molecule has 1 aliphatic heterocycles. The lowest BCUT2D eigenvalue weighted by molar-refractivity contribution is -0.137. The normalized spacial score (nSPS) is 16.1. The first-order valence-electron chi connectivity index (χ1n) is 9.08. The van der Waals surface area contributed by atoms with Crippen LogP contribution in [-0.2, 0) is 6.18 Å². The number of nitrogens with zero attached hydrogens (tertiary/aromatic N) is 3. The summed E-state index contributed by atoms with van der Waals surface area (Å²) in [5, 5.41) is 3.10. The number of nitrogens with one attached hydrogen (secondary N) is 1. The molecule has 1 saturated heterocycles. The molecule has 5 nitrogen and oxygen atoms in total. The van der Waals surface area contributed by atoms with Crippen LogP contribution in [0.1, 0.15) is 25.3 Å². The van der Waals surface area contributed by atoms with Gasteiger partial charge in [-0.3, -0.25) is 9.89 Å². The van der Waals surface area contributed by atoms with Gasteiger partial charge in [0.05, 0.1) is 5.56 Å². The van der Waals surface area contributed by atoms with Crippen LogP contribution in [-0.4, -0.2) is 56.7 Å². The van der Waals surface area contributed by atoms with E-state index in [0.29, 0.717) is 11.6 Å². The molecule has 2 rings (SSSR count). The van der Waals surface area contributed by atoms with Crippen LogP contribution in [0.15, 0.2) is 29.3 Å². The molecule has 0 radical (unpaired) electrons. The van der Waals surface area contributed by atoms with E-state index >= 15 is 0 Å². The van der Waals surface area contributed by atoms with Gasteiger partial charge in [0, 0.05) is 45.0 Å². The summed E-state index contributed by atoms with van der Waals surface area (Å²) in [6.07, 6.45) is -2.38. The van der Waals surface area contributed by atoms with E-state index in [4.69, 9.17) is 5.73 Å². The number of anilines is 1. The van der Waals surface area contributed by atoms with Crippen LogP contribution in [0.4, 0.5) is 18.9 Å². The summed E-state index contributed by atoms with van der Waals surface area (Å²) in [7, 11) is 0. The van der Waals surface area contributed by atoms with Crippen molar-refractivity contribution >= 4 is 35.6 Å². The van der Waals surface area contributed by atoms with E-state index in [2.05, 4.69) is 22.1 Å². The first-order chi connectivity index (χ1) is 12.4. The predicted molar refractivity (Wildman–Crippen MR) is 115 cm³/mol. The van der Waals surface area contributed by atoms with Gasteiger partial charge < -0.3 is 16.0 Å². The van der Waals surface area contributed by atoms with Crippen molar-refractivity contribution in [2.24, 2.45) is 10.7 Å². The Morgan fingerprint density at radius 3 is 2.56 bits per heavy atom. The van der Waals surface area contributed by atoms with Crippen LogP contribution in [0.5, 0.6) is 0 Å². The fraction of sp³-hybridized carbons (Fsp3) is 0.611. The molecule has 0 saturated carbocycles. The molecule has 27 heavy (non-hydrogen) atoms. The first-order valence-corrected chi connectivity index (χ1v) is 9.08. The zero-order valence-electron chi connectivity index (χ0n) is 15.6. The minimum atomic E-state index is -4.30. The summed E-state index contributed by atoms with van der Waals surface area (Å²) in [5.41, 5.74) is 5.79. The van der Waals surface area contributed by atoms with Crippen molar-refractivity contribution in [3.05, 3.63) is 29.8 Å². The Morgan fingerprint density at radius 2 is 1.93 bits per heavy atom. The molecule has 1 aliphatic rings. The van der Waals surface area contributed by atoms with Gasteiger partial charge in [-0.2, -0.15) is 13.2 Å². The standard InChI is InChI=1S/C18H28F3N5.HI/c1-2-7-23-17(22)24-8-4-9-25-10-12-26(13-11-25)16-6-3-5-15(14-16)18(19,20)21;/h3,5-6,14H,2,4,7-13H2,1H3,(H3,22,23,24);1H. The highest BCUT2D eigenvalue weighted by molar-refractivity contribution is 14.0. The Balaban J connectivity index is 0.00000364. The number of hydrogen-bond acceptors (Lipinski definition) is 3. The van der Waals surface area contributed by atoms with Gasteiger partial charge in [0.1, 0.15) is 0 Å². The number of benzene rings is 1. The molecule has 154 valence electrons. The molecule has 0 unspecified atom stereocenters. The fourth-order valence-electron chi connectivity index (χ4n) is 2.92. The van der Waals surface area contributed by atoms with E-state index in [9.17, 15) is 13.2 Å². The molecule has 0 spiro atoms. The molecule has 0 atom stereocenters. The molecule has 0 aliphatic carbocycles. The van der Waals surface area contributed by atoms with Gasteiger partial charge in [-0.15, -0.1) is 24.0 Å². The second-order valence-electron chi connectivity index (χ2n) is 6.42. The maximum atomic E-state index is 12.8. The van der Waals surface area contributed by atoms with Gasteiger partial charge in [0.15, 0.2) is 5.96 Å². The summed E-state index contributed by atoms with van der Waals surface area (Å²) >= 11 is 0. The third-order valence-electron chi connectivity index (χ3n) is 4.37. The molecule has 9 heteroatoms. The Morgan fingerprint density at radius 1 is 1.22 bits per heavy atom. The van der Waals surface area contributed by atoms with Crippen molar-refractivity contribution in [3.63, 3.8) is 0 Å². The van der Waals surface area contributed by atoms with E-state index < -0.39 is 11.7 Å². The van der Waals surface area contributed by atoms with E-state index in [1.807, 2.05) is 4.90 Å². The van der Waals surface area contributed by atoms with Gasteiger partial charge >= 0.3 is 6.18 Å². The van der Waals surface area contributed by atoms with Crippen molar-refractivity contribution in [1.82, 2.24) is 10.2 Å². The lowest BCUT2D eigenvalue weighted by Gasteiger charge is -2.36. The van der Waals surface area contributed by atoms with Crippen molar-refractivity contribution in [3.8, 4) is 0 Å². The summed E-state index contributed by atoms with van der Waals surface area (Å²) in [6.45, 7) is 7.64. The molecule has 3 N–H and O–H groups in total. The molecule has 0 amide bonds. The highest BCUT2D eigenvalue weighted by Crippen LogP contribution is 2.31. The number of aliphatic imine (C=N–C) groups is 1. The number of rotatable bonds is 7. The van der Waals surface area contributed by atoms with Gasteiger partial charge in [-0.1, -0.05) is 13.0 Å². The number of alkyl halides is 3. The Hall–Kier alpha value is -1.23. The average molecular weight is 499 g/mol. The van der Waals surface area contributed by atoms with E-state index in [0.717, 1.165) is 64.7 Å². The highest BCUT2D eigenvalue weighted by Gasteiger charge is 2.31. The Kier molecular flexibility index (Phi) is 10.2. The average Bonchev–Trinajstić information content (AvgIpc) is 2.63. The van der Waals surface area contributed by atoms with Crippen LogP contribution in [0.3, 0.4) is 0 Å². The smallest absolute Gasteiger partial charge is 0.370 e.